The maximum absolute atomic E-state index is 13.4. The molecule has 36 heavy (non-hydrogen) atoms. The summed E-state index contributed by atoms with van der Waals surface area (Å²) in [6.07, 6.45) is 9.49. The largest absolute Gasteiger partial charge is 0.493 e. The molecular weight excluding hydrogens is 500 g/mol. The fourth-order valence-corrected chi connectivity index (χ4v) is 4.82. The Labute approximate surface area is 220 Å². The summed E-state index contributed by atoms with van der Waals surface area (Å²) in [5.74, 6) is 1.40. The second kappa shape index (κ2) is 12.4. The standard InChI is InChI=1S/C26H28N4O4S.ClH/c1-18-6-8-20-23(14-18)35-26(28-20)30(12-5-11-29-13-10-27-17-29)24(31)9-7-19-15-21(32-2)25(34-4)22(16-19)33-3;/h6-10,13-17H,5,11-12H2,1-4H3;1H/b9-7+;. The Morgan fingerprint density at radius 1 is 1.11 bits per heavy atom. The Bertz CT molecular complexity index is 1310. The quantitative estimate of drug-likeness (QED) is 0.257. The minimum absolute atomic E-state index is 0. The normalized spacial score (nSPS) is 10.9. The Kier molecular flexibility index (Phi) is 9.32. The van der Waals surface area contributed by atoms with Gasteiger partial charge in [0.25, 0.3) is 5.91 Å². The predicted octanol–water partition coefficient (Wildman–Crippen LogP) is 5.39. The van der Waals surface area contributed by atoms with Gasteiger partial charge in [0, 0.05) is 31.6 Å². The van der Waals surface area contributed by atoms with Crippen molar-refractivity contribution in [3.63, 3.8) is 0 Å². The molecule has 4 rings (SSSR count). The summed E-state index contributed by atoms with van der Waals surface area (Å²) in [6.45, 7) is 3.33. The van der Waals surface area contributed by atoms with E-state index in [-0.39, 0.29) is 18.3 Å². The van der Waals surface area contributed by atoms with Crippen molar-refractivity contribution in [2.24, 2.45) is 0 Å². The van der Waals surface area contributed by atoms with E-state index in [0.29, 0.717) is 28.9 Å². The number of rotatable bonds is 10. The zero-order chi connectivity index (χ0) is 24.8. The molecule has 0 spiro atoms. The number of hydrogen-bond donors (Lipinski definition) is 0. The van der Waals surface area contributed by atoms with Gasteiger partial charge in [-0.1, -0.05) is 17.4 Å². The lowest BCUT2D eigenvalue weighted by Gasteiger charge is -2.18. The molecule has 0 bridgehead atoms. The first-order valence-corrected chi connectivity index (χ1v) is 12.0. The van der Waals surface area contributed by atoms with Crippen LogP contribution in [0.25, 0.3) is 16.3 Å². The van der Waals surface area contributed by atoms with Gasteiger partial charge in [0.2, 0.25) is 5.75 Å². The molecule has 4 aromatic rings. The van der Waals surface area contributed by atoms with Gasteiger partial charge >= 0.3 is 0 Å². The van der Waals surface area contributed by atoms with Crippen molar-refractivity contribution in [3.8, 4) is 17.2 Å². The number of halogens is 1. The van der Waals surface area contributed by atoms with Crippen LogP contribution in [0.5, 0.6) is 17.2 Å². The lowest BCUT2D eigenvalue weighted by Crippen LogP contribution is -2.30. The van der Waals surface area contributed by atoms with E-state index in [4.69, 9.17) is 19.2 Å². The number of fused-ring (bicyclic) bond motifs is 1. The van der Waals surface area contributed by atoms with Crippen molar-refractivity contribution in [1.82, 2.24) is 14.5 Å². The molecule has 10 heteroatoms. The molecule has 2 aromatic heterocycles. The molecule has 2 heterocycles. The number of thiazole rings is 1. The molecule has 0 saturated carbocycles. The average Bonchev–Trinajstić information content (AvgIpc) is 3.53. The van der Waals surface area contributed by atoms with Crippen LogP contribution in [0.3, 0.4) is 0 Å². The van der Waals surface area contributed by atoms with Crippen LogP contribution >= 0.6 is 23.7 Å². The highest BCUT2D eigenvalue weighted by atomic mass is 35.5. The summed E-state index contributed by atoms with van der Waals surface area (Å²) in [6, 6.07) is 9.71. The van der Waals surface area contributed by atoms with Crippen LogP contribution in [0, 0.1) is 6.92 Å². The van der Waals surface area contributed by atoms with E-state index in [2.05, 4.69) is 11.1 Å². The molecule has 8 nitrogen and oxygen atoms in total. The first-order valence-electron chi connectivity index (χ1n) is 11.1. The zero-order valence-electron chi connectivity index (χ0n) is 20.6. The third-order valence-corrected chi connectivity index (χ3v) is 6.53. The van der Waals surface area contributed by atoms with Crippen molar-refractivity contribution in [3.05, 3.63) is 66.3 Å². The molecule has 0 atom stereocenters. The van der Waals surface area contributed by atoms with Crippen LogP contribution in [0.15, 0.2) is 55.1 Å². The number of carbonyl (C=O) groups is 1. The maximum atomic E-state index is 13.4. The van der Waals surface area contributed by atoms with Gasteiger partial charge in [0.1, 0.15) is 0 Å². The molecule has 0 N–H and O–H groups in total. The lowest BCUT2D eigenvalue weighted by atomic mass is 10.1. The van der Waals surface area contributed by atoms with Gasteiger partial charge in [-0.2, -0.15) is 0 Å². The van der Waals surface area contributed by atoms with Gasteiger partial charge in [-0.15, -0.1) is 12.4 Å². The number of aryl methyl sites for hydroxylation is 2. The molecular formula is C26H29ClN4O4S. The summed E-state index contributed by atoms with van der Waals surface area (Å²) < 4.78 is 19.3. The number of aromatic nitrogens is 3. The van der Waals surface area contributed by atoms with Crippen LogP contribution in [0.2, 0.25) is 0 Å². The number of benzene rings is 2. The Hall–Kier alpha value is -3.56. The summed E-state index contributed by atoms with van der Waals surface area (Å²) in [7, 11) is 4.68. The van der Waals surface area contributed by atoms with E-state index in [1.807, 2.05) is 29.8 Å². The Morgan fingerprint density at radius 2 is 1.86 bits per heavy atom. The van der Waals surface area contributed by atoms with E-state index < -0.39 is 0 Å². The fraction of sp³-hybridized carbons (Fsp3) is 0.269. The van der Waals surface area contributed by atoms with E-state index in [9.17, 15) is 4.79 Å². The number of hydrogen-bond acceptors (Lipinski definition) is 7. The van der Waals surface area contributed by atoms with Gasteiger partial charge in [-0.3, -0.25) is 9.69 Å². The molecule has 0 aliphatic carbocycles. The Balaban J connectivity index is 0.00000361. The third-order valence-electron chi connectivity index (χ3n) is 5.49. The fourth-order valence-electron chi connectivity index (χ4n) is 3.72. The summed E-state index contributed by atoms with van der Waals surface area (Å²) in [5, 5.41) is 0.677. The number of amides is 1. The van der Waals surface area contributed by atoms with Crippen LogP contribution < -0.4 is 19.1 Å². The molecule has 0 radical (unpaired) electrons. The van der Waals surface area contributed by atoms with Gasteiger partial charge in [-0.05, 0) is 54.8 Å². The van der Waals surface area contributed by atoms with Crippen LogP contribution in [-0.2, 0) is 11.3 Å². The maximum Gasteiger partial charge on any atom is 0.252 e. The smallest absolute Gasteiger partial charge is 0.252 e. The van der Waals surface area contributed by atoms with Crippen molar-refractivity contribution in [1.29, 1.82) is 0 Å². The second-order valence-corrected chi connectivity index (χ2v) is 8.91. The van der Waals surface area contributed by atoms with Crippen LogP contribution in [-0.4, -0.2) is 48.3 Å². The van der Waals surface area contributed by atoms with Crippen molar-refractivity contribution >= 4 is 51.1 Å². The molecule has 1 amide bonds. The highest BCUT2D eigenvalue weighted by Crippen LogP contribution is 2.38. The molecule has 190 valence electrons. The van der Waals surface area contributed by atoms with Gasteiger partial charge < -0.3 is 18.8 Å². The van der Waals surface area contributed by atoms with Crippen molar-refractivity contribution < 1.29 is 19.0 Å². The zero-order valence-corrected chi connectivity index (χ0v) is 22.3. The topological polar surface area (TPSA) is 78.7 Å². The van der Waals surface area contributed by atoms with E-state index in [1.54, 1.807) is 63.0 Å². The van der Waals surface area contributed by atoms with Gasteiger partial charge in [0.15, 0.2) is 16.6 Å². The molecule has 0 saturated heterocycles. The number of ether oxygens (including phenoxy) is 3. The summed E-state index contributed by atoms with van der Waals surface area (Å²) in [5.41, 5.74) is 2.80. The first-order chi connectivity index (χ1) is 17.0. The van der Waals surface area contributed by atoms with Crippen LogP contribution in [0.4, 0.5) is 5.13 Å². The molecule has 0 aliphatic rings. The SMILES string of the molecule is COc1cc(/C=C/C(=O)N(CCCn2ccnc2)c2nc3ccc(C)cc3s2)cc(OC)c1OC.Cl. The van der Waals surface area contributed by atoms with Crippen LogP contribution in [0.1, 0.15) is 17.5 Å². The highest BCUT2D eigenvalue weighted by Gasteiger charge is 2.18. The average molecular weight is 529 g/mol. The first kappa shape index (κ1) is 27.0. The van der Waals surface area contributed by atoms with Crippen molar-refractivity contribution in [2.75, 3.05) is 32.8 Å². The number of imidazole rings is 1. The predicted molar refractivity (Wildman–Crippen MR) is 146 cm³/mol. The van der Waals surface area contributed by atoms with Crippen molar-refractivity contribution in [2.45, 2.75) is 19.9 Å². The molecule has 0 aliphatic heterocycles. The number of methoxy groups -OCH3 is 3. The Morgan fingerprint density at radius 3 is 2.50 bits per heavy atom. The number of nitrogens with zero attached hydrogens (tertiary/aromatic N) is 4. The van der Waals surface area contributed by atoms with Gasteiger partial charge in [0.05, 0.1) is 37.9 Å². The third kappa shape index (κ3) is 6.16. The van der Waals surface area contributed by atoms with Gasteiger partial charge in [-0.25, -0.2) is 9.97 Å². The lowest BCUT2D eigenvalue weighted by molar-refractivity contribution is -0.114. The van der Waals surface area contributed by atoms with E-state index in [1.165, 1.54) is 11.3 Å². The molecule has 0 unspecified atom stereocenters. The second-order valence-electron chi connectivity index (χ2n) is 7.90. The number of anilines is 1. The minimum Gasteiger partial charge on any atom is -0.493 e. The number of carbonyl (C=O) groups excluding carboxylic acids is 1. The summed E-state index contributed by atoms with van der Waals surface area (Å²) >= 11 is 1.52. The molecule has 2 aromatic carbocycles. The minimum atomic E-state index is -0.153. The highest BCUT2D eigenvalue weighted by molar-refractivity contribution is 7.22. The summed E-state index contributed by atoms with van der Waals surface area (Å²) in [4.78, 5) is 23.9. The van der Waals surface area contributed by atoms with E-state index in [0.717, 1.165) is 34.3 Å². The van der Waals surface area contributed by atoms with E-state index >= 15 is 0 Å². The molecule has 0 fully saturated rings. The monoisotopic (exact) mass is 528 g/mol.